The number of hydrogen-bond donors (Lipinski definition) is 1. The number of benzene rings is 1. The molecule has 12 heteroatoms. The molecule has 42 heavy (non-hydrogen) atoms. The number of unbranched alkanes of at least 4 members (excludes halogenated alkanes) is 5. The zero-order valence-corrected chi connectivity index (χ0v) is 24.4. The first-order chi connectivity index (χ1) is 20.2. The van der Waals surface area contributed by atoms with Crippen molar-refractivity contribution in [1.29, 1.82) is 0 Å². The van der Waals surface area contributed by atoms with Gasteiger partial charge in [-0.15, -0.1) is 0 Å². The molecule has 0 radical (unpaired) electrons. The number of aromatic nitrogens is 2. The Bertz CT molecular complexity index is 1300. The summed E-state index contributed by atoms with van der Waals surface area (Å²) in [5.74, 6) is 0.331. The van der Waals surface area contributed by atoms with Crippen molar-refractivity contribution >= 4 is 28.2 Å². The predicted octanol–water partition coefficient (Wildman–Crippen LogP) is 8.77. The summed E-state index contributed by atoms with van der Waals surface area (Å²) in [6.45, 7) is 5.69. The molecule has 0 aliphatic heterocycles. The molecule has 0 bridgehead atoms. The number of halogens is 4. The maximum absolute atomic E-state index is 15.0. The van der Waals surface area contributed by atoms with Crippen LogP contribution in [-0.4, -0.2) is 29.4 Å². The van der Waals surface area contributed by atoms with Gasteiger partial charge in [0.15, 0.2) is 0 Å². The Morgan fingerprint density at radius 3 is 2.55 bits per heavy atom. The van der Waals surface area contributed by atoms with Gasteiger partial charge in [0, 0.05) is 24.4 Å². The molecular formula is C30H36F4N4O3S. The number of thiazole rings is 1. The molecule has 3 rings (SSSR count). The number of allylic oxidation sites excluding steroid dienone is 1. The molecule has 0 saturated heterocycles. The highest BCUT2D eigenvalue weighted by Crippen LogP contribution is 2.40. The summed E-state index contributed by atoms with van der Waals surface area (Å²) in [4.78, 5) is 22.3. The quantitative estimate of drug-likeness (QED) is 0.0757. The highest BCUT2D eigenvalue weighted by molar-refractivity contribution is 7.14. The maximum Gasteiger partial charge on any atom is 0.423 e. The molecule has 2 heterocycles. The smallest absolute Gasteiger partial charge is 0.423 e. The molecule has 0 aliphatic carbocycles. The van der Waals surface area contributed by atoms with Crippen LogP contribution >= 0.6 is 11.3 Å². The third-order valence-electron chi connectivity index (χ3n) is 6.45. The summed E-state index contributed by atoms with van der Waals surface area (Å²) in [6, 6.07) is 6.77. The molecule has 0 fully saturated rings. The van der Waals surface area contributed by atoms with E-state index in [1.54, 1.807) is 12.1 Å². The van der Waals surface area contributed by atoms with Gasteiger partial charge >= 0.3 is 12.3 Å². The Kier molecular flexibility index (Phi) is 12.7. The van der Waals surface area contributed by atoms with Crippen molar-refractivity contribution in [2.45, 2.75) is 70.9 Å². The number of carbonyl (C=O) groups is 1. The number of nitrogens with two attached hydrogens (primary N) is 1. The first kappa shape index (κ1) is 33.0. The number of nitrogens with zero attached hydrogens (tertiary/aromatic N) is 3. The van der Waals surface area contributed by atoms with Crippen LogP contribution in [0.1, 0.15) is 69.4 Å². The van der Waals surface area contributed by atoms with E-state index in [9.17, 15) is 18.0 Å². The standard InChI is InChI=1S/C30H36F4N4O3S/c1-3-4-5-6-7-8-12-22-14-15-24(18-25(22)30(32,33)34)38(29(39)41-20-40-21(2)11-9-16-35)28-37-26(27(31)42-28)23-13-10-17-36-19-23/h10,13-15,17-19H,2-9,11-12,16,20,35H2,1H3. The average Bonchev–Trinajstić information content (AvgIpc) is 3.35. The first-order valence-electron chi connectivity index (χ1n) is 13.9. The minimum Gasteiger partial charge on any atom is -0.462 e. The van der Waals surface area contributed by atoms with Crippen molar-refractivity contribution < 1.29 is 31.8 Å². The fourth-order valence-corrected chi connectivity index (χ4v) is 5.07. The second-order valence-corrected chi connectivity index (χ2v) is 10.6. The zero-order valence-electron chi connectivity index (χ0n) is 23.6. The van der Waals surface area contributed by atoms with E-state index in [0.29, 0.717) is 48.5 Å². The van der Waals surface area contributed by atoms with E-state index >= 15 is 4.39 Å². The summed E-state index contributed by atoms with van der Waals surface area (Å²) in [5, 5.41) is -0.951. The Labute approximate surface area is 247 Å². The molecule has 0 spiro atoms. The zero-order chi connectivity index (χ0) is 30.5. The highest BCUT2D eigenvalue weighted by Gasteiger charge is 2.35. The van der Waals surface area contributed by atoms with Gasteiger partial charge in [0.2, 0.25) is 17.1 Å². The largest absolute Gasteiger partial charge is 0.462 e. The average molecular weight is 609 g/mol. The number of pyridine rings is 1. The normalized spacial score (nSPS) is 11.4. The molecule has 3 aromatic rings. The number of alkyl halides is 3. The lowest BCUT2D eigenvalue weighted by Gasteiger charge is -2.22. The number of hydrogen-bond acceptors (Lipinski definition) is 7. The molecule has 0 saturated carbocycles. The van der Waals surface area contributed by atoms with Gasteiger partial charge in [0.25, 0.3) is 0 Å². The molecular weight excluding hydrogens is 572 g/mol. The lowest BCUT2D eigenvalue weighted by molar-refractivity contribution is -0.138. The van der Waals surface area contributed by atoms with E-state index in [2.05, 4.69) is 23.5 Å². The molecule has 2 aromatic heterocycles. The van der Waals surface area contributed by atoms with Gasteiger partial charge in [-0.2, -0.15) is 17.6 Å². The summed E-state index contributed by atoms with van der Waals surface area (Å²) < 4.78 is 68.1. The third kappa shape index (κ3) is 9.52. The number of aryl methyl sites for hydroxylation is 1. The van der Waals surface area contributed by atoms with Crippen LogP contribution in [0.25, 0.3) is 11.3 Å². The second kappa shape index (κ2) is 16.2. The van der Waals surface area contributed by atoms with E-state index in [4.69, 9.17) is 15.2 Å². The summed E-state index contributed by atoms with van der Waals surface area (Å²) in [6.07, 6.45) is 4.04. The second-order valence-electron chi connectivity index (χ2n) is 9.66. The number of anilines is 2. The van der Waals surface area contributed by atoms with Gasteiger partial charge in [-0.1, -0.05) is 63.0 Å². The monoisotopic (exact) mass is 608 g/mol. The van der Waals surface area contributed by atoms with Gasteiger partial charge in [-0.3, -0.25) is 4.98 Å². The Morgan fingerprint density at radius 1 is 1.10 bits per heavy atom. The van der Waals surface area contributed by atoms with Crippen molar-refractivity contribution in [1.82, 2.24) is 9.97 Å². The number of ether oxygens (including phenoxy) is 2. The molecule has 7 nitrogen and oxygen atoms in total. The van der Waals surface area contributed by atoms with E-state index in [0.717, 1.165) is 43.1 Å². The van der Waals surface area contributed by atoms with Crippen LogP contribution in [-0.2, 0) is 22.1 Å². The topological polar surface area (TPSA) is 90.6 Å². The molecule has 0 aliphatic rings. The van der Waals surface area contributed by atoms with Crippen LogP contribution in [0.3, 0.4) is 0 Å². The van der Waals surface area contributed by atoms with Gasteiger partial charge in [0.05, 0.1) is 17.0 Å². The van der Waals surface area contributed by atoms with Gasteiger partial charge in [-0.25, -0.2) is 14.7 Å². The number of carbonyl (C=O) groups excluding carboxylic acids is 1. The van der Waals surface area contributed by atoms with Crippen LogP contribution in [0.2, 0.25) is 0 Å². The van der Waals surface area contributed by atoms with E-state index in [-0.39, 0.29) is 28.5 Å². The maximum atomic E-state index is 15.0. The van der Waals surface area contributed by atoms with Crippen LogP contribution in [0.4, 0.5) is 33.2 Å². The minimum absolute atomic E-state index is 0.0944. The lowest BCUT2D eigenvalue weighted by atomic mass is 9.99. The third-order valence-corrected chi connectivity index (χ3v) is 7.27. The van der Waals surface area contributed by atoms with Crippen LogP contribution in [0, 0.1) is 5.13 Å². The van der Waals surface area contributed by atoms with Crippen LogP contribution < -0.4 is 10.6 Å². The number of amides is 1. The van der Waals surface area contributed by atoms with Crippen molar-refractivity contribution in [2.75, 3.05) is 18.2 Å². The van der Waals surface area contributed by atoms with Crippen molar-refractivity contribution in [3.8, 4) is 11.3 Å². The van der Waals surface area contributed by atoms with Crippen molar-refractivity contribution in [3.05, 3.63) is 71.3 Å². The van der Waals surface area contributed by atoms with E-state index in [1.165, 1.54) is 24.5 Å². The fraction of sp³-hybridized carbons (Fsp3) is 0.433. The molecule has 0 atom stereocenters. The lowest BCUT2D eigenvalue weighted by Crippen LogP contribution is -2.28. The highest BCUT2D eigenvalue weighted by atomic mass is 32.1. The number of rotatable bonds is 16. The minimum atomic E-state index is -4.68. The Balaban J connectivity index is 1.92. The summed E-state index contributed by atoms with van der Waals surface area (Å²) in [5.41, 5.74) is 4.80. The SMILES string of the molecule is C=C(CCCN)OCOC(=O)N(c1ccc(CCCCCCCC)c(C(F)(F)F)c1)c1nc(-c2cccnc2)c(F)s1. The van der Waals surface area contributed by atoms with Gasteiger partial charge < -0.3 is 15.2 Å². The molecule has 228 valence electrons. The molecule has 2 N–H and O–H groups in total. The fourth-order valence-electron chi connectivity index (χ4n) is 4.24. The van der Waals surface area contributed by atoms with Crippen LogP contribution in [0.15, 0.2) is 55.1 Å². The van der Waals surface area contributed by atoms with E-state index < -0.39 is 29.8 Å². The summed E-state index contributed by atoms with van der Waals surface area (Å²) >= 11 is 0.498. The van der Waals surface area contributed by atoms with Gasteiger partial charge in [-0.05, 0) is 55.6 Å². The van der Waals surface area contributed by atoms with Gasteiger partial charge in [0.1, 0.15) is 5.69 Å². The molecule has 1 amide bonds. The van der Waals surface area contributed by atoms with E-state index in [1.807, 2.05) is 0 Å². The van der Waals surface area contributed by atoms with Crippen molar-refractivity contribution in [3.63, 3.8) is 0 Å². The predicted molar refractivity (Wildman–Crippen MR) is 156 cm³/mol. The molecule has 0 unspecified atom stereocenters. The first-order valence-corrected chi connectivity index (χ1v) is 14.7. The Morgan fingerprint density at radius 2 is 1.86 bits per heavy atom. The van der Waals surface area contributed by atoms with Crippen LogP contribution in [0.5, 0.6) is 0 Å². The Hall–Kier alpha value is -3.51. The summed E-state index contributed by atoms with van der Waals surface area (Å²) in [7, 11) is 0. The molecule has 1 aromatic carbocycles. The van der Waals surface area contributed by atoms with Crippen molar-refractivity contribution in [2.24, 2.45) is 5.73 Å².